The average molecular weight is 650 g/mol. The van der Waals surface area contributed by atoms with E-state index in [1.807, 2.05) is 48.8 Å². The monoisotopic (exact) mass is 649 g/mol. The summed E-state index contributed by atoms with van der Waals surface area (Å²) < 4.78 is 0. The molecule has 9 aromatic rings. The minimum absolute atomic E-state index is 0.818. The number of hydrogen-bond donors (Lipinski definition) is 0. The van der Waals surface area contributed by atoms with Crippen molar-refractivity contribution in [3.05, 3.63) is 188 Å². The summed E-state index contributed by atoms with van der Waals surface area (Å²) >= 11 is 0. The first kappa shape index (κ1) is 29.1. The van der Waals surface area contributed by atoms with Crippen LogP contribution in [-0.2, 0) is 0 Å². The predicted molar refractivity (Wildman–Crippen MR) is 212 cm³/mol. The van der Waals surface area contributed by atoms with Gasteiger partial charge >= 0.3 is 0 Å². The molecule has 2 heterocycles. The molecule has 0 amide bonds. The number of hydrogen-bond acceptors (Lipinski definition) is 3. The second-order valence-electron chi connectivity index (χ2n) is 12.9. The van der Waals surface area contributed by atoms with Crippen molar-refractivity contribution in [1.29, 1.82) is 0 Å². The van der Waals surface area contributed by atoms with Crippen LogP contribution < -0.4 is 4.90 Å². The molecule has 0 atom stereocenters. The fourth-order valence-electron chi connectivity index (χ4n) is 8.03. The Morgan fingerprint density at radius 3 is 1.41 bits per heavy atom. The molecule has 10 rings (SSSR count). The molecule has 0 unspecified atom stereocenters. The van der Waals surface area contributed by atoms with Crippen molar-refractivity contribution in [2.75, 3.05) is 4.90 Å². The van der Waals surface area contributed by atoms with Gasteiger partial charge in [0.15, 0.2) is 0 Å². The number of aromatic nitrogens is 2. The van der Waals surface area contributed by atoms with Crippen LogP contribution in [0.4, 0.5) is 17.3 Å². The van der Waals surface area contributed by atoms with Crippen LogP contribution in [0.5, 0.6) is 0 Å². The van der Waals surface area contributed by atoms with Gasteiger partial charge in [0.2, 0.25) is 0 Å². The first-order chi connectivity index (χ1) is 25.3. The second kappa shape index (κ2) is 11.9. The third-order valence-electron chi connectivity index (χ3n) is 10.1. The molecule has 3 nitrogen and oxygen atoms in total. The summed E-state index contributed by atoms with van der Waals surface area (Å²) in [7, 11) is 0. The van der Waals surface area contributed by atoms with Gasteiger partial charge in [-0.1, -0.05) is 140 Å². The fraction of sp³-hybridized carbons (Fsp3) is 0. The smallest absolute Gasteiger partial charge is 0.138 e. The van der Waals surface area contributed by atoms with Crippen LogP contribution in [0.2, 0.25) is 0 Å². The molecular formula is C48H31N3. The van der Waals surface area contributed by atoms with Gasteiger partial charge in [-0.25, -0.2) is 9.97 Å². The van der Waals surface area contributed by atoms with E-state index in [0.29, 0.717) is 0 Å². The SMILES string of the molecule is c1ccc(-c2c3c(c(-c4ccccc4)c4ccccc24)-c2ccc(-c4cccc(N(c5ccccn5)c5ccccn5)c4)c4cccc-3c24)cc1. The lowest BCUT2D eigenvalue weighted by Crippen LogP contribution is -2.12. The zero-order valence-electron chi connectivity index (χ0n) is 27.7. The lowest BCUT2D eigenvalue weighted by atomic mass is 9.82. The van der Waals surface area contributed by atoms with Crippen molar-refractivity contribution in [3.63, 3.8) is 0 Å². The normalized spacial score (nSPS) is 11.5. The molecular weight excluding hydrogens is 619 g/mol. The third kappa shape index (κ3) is 4.67. The van der Waals surface area contributed by atoms with Crippen LogP contribution in [0.3, 0.4) is 0 Å². The Morgan fingerprint density at radius 2 is 0.824 bits per heavy atom. The number of benzene rings is 7. The molecule has 2 aromatic heterocycles. The van der Waals surface area contributed by atoms with Crippen molar-refractivity contribution < 1.29 is 0 Å². The molecule has 0 fully saturated rings. The van der Waals surface area contributed by atoms with E-state index in [1.54, 1.807) is 0 Å². The summed E-state index contributed by atoms with van der Waals surface area (Å²) in [6, 6.07) is 62.9. The van der Waals surface area contributed by atoms with Crippen LogP contribution in [0.1, 0.15) is 0 Å². The first-order valence-corrected chi connectivity index (χ1v) is 17.3. The molecule has 0 radical (unpaired) electrons. The van der Waals surface area contributed by atoms with Gasteiger partial charge in [0.05, 0.1) is 0 Å². The maximum absolute atomic E-state index is 4.71. The molecule has 1 aliphatic carbocycles. The van der Waals surface area contributed by atoms with Gasteiger partial charge in [0.1, 0.15) is 11.6 Å². The molecule has 0 saturated heterocycles. The lowest BCUT2D eigenvalue weighted by molar-refractivity contribution is 1.13. The highest BCUT2D eigenvalue weighted by Crippen LogP contribution is 2.58. The third-order valence-corrected chi connectivity index (χ3v) is 10.1. The highest BCUT2D eigenvalue weighted by molar-refractivity contribution is 6.28. The first-order valence-electron chi connectivity index (χ1n) is 17.3. The zero-order valence-corrected chi connectivity index (χ0v) is 27.7. The van der Waals surface area contributed by atoms with Crippen LogP contribution in [0.15, 0.2) is 188 Å². The number of anilines is 3. The minimum atomic E-state index is 0.818. The maximum atomic E-state index is 4.71. The number of pyridine rings is 2. The van der Waals surface area contributed by atoms with Gasteiger partial charge in [0.25, 0.3) is 0 Å². The van der Waals surface area contributed by atoms with Gasteiger partial charge in [-0.3, -0.25) is 4.90 Å². The fourth-order valence-corrected chi connectivity index (χ4v) is 8.03. The van der Waals surface area contributed by atoms with Crippen molar-refractivity contribution in [2.45, 2.75) is 0 Å². The van der Waals surface area contributed by atoms with E-state index in [0.717, 1.165) is 22.9 Å². The standard InChI is InChI=1S/C48H31N3/c1-3-15-32(16-4-1)44-38-21-7-8-22-39(38)45(33-17-5-2-6-18-33)48-41-28-27-36(37-23-14-24-40(46(37)41)47(44)48)34-19-13-20-35(31-34)51(42-25-9-11-29-49-42)43-26-10-12-30-50-43/h1-31H. The summed E-state index contributed by atoms with van der Waals surface area (Å²) in [6.45, 7) is 0. The predicted octanol–water partition coefficient (Wildman–Crippen LogP) is 12.9. The molecule has 0 aliphatic heterocycles. The molecule has 0 bridgehead atoms. The largest absolute Gasteiger partial charge is 0.279 e. The highest BCUT2D eigenvalue weighted by atomic mass is 15.2. The number of nitrogens with zero attached hydrogens (tertiary/aromatic N) is 3. The average Bonchev–Trinajstić information content (AvgIpc) is 3.53. The quantitative estimate of drug-likeness (QED) is 0.179. The summed E-state index contributed by atoms with van der Waals surface area (Å²) in [6.07, 6.45) is 3.65. The Hall–Kier alpha value is -6.84. The zero-order chi connectivity index (χ0) is 33.7. The van der Waals surface area contributed by atoms with E-state index in [-0.39, 0.29) is 0 Å². The van der Waals surface area contributed by atoms with Gasteiger partial charge in [0, 0.05) is 18.1 Å². The van der Waals surface area contributed by atoms with Gasteiger partial charge in [-0.2, -0.15) is 0 Å². The van der Waals surface area contributed by atoms with Gasteiger partial charge in [-0.15, -0.1) is 0 Å². The summed E-state index contributed by atoms with van der Waals surface area (Å²) in [5.41, 5.74) is 13.5. The Balaban J connectivity index is 1.24. The second-order valence-corrected chi connectivity index (χ2v) is 12.9. The van der Waals surface area contributed by atoms with E-state index in [9.17, 15) is 0 Å². The van der Waals surface area contributed by atoms with Crippen LogP contribution in [-0.4, -0.2) is 9.97 Å². The Kier molecular flexibility index (Phi) is 6.81. The van der Waals surface area contributed by atoms with Gasteiger partial charge in [-0.05, 0) is 114 Å². The van der Waals surface area contributed by atoms with Crippen molar-refractivity contribution in [2.24, 2.45) is 0 Å². The van der Waals surface area contributed by atoms with Crippen LogP contribution >= 0.6 is 0 Å². The maximum Gasteiger partial charge on any atom is 0.138 e. The van der Waals surface area contributed by atoms with E-state index < -0.39 is 0 Å². The van der Waals surface area contributed by atoms with Crippen LogP contribution in [0.25, 0.3) is 77.2 Å². The molecule has 0 spiro atoms. The number of fused-ring (bicyclic) bond motifs is 4. The summed E-state index contributed by atoms with van der Waals surface area (Å²) in [4.78, 5) is 11.5. The van der Waals surface area contributed by atoms with Crippen molar-refractivity contribution in [1.82, 2.24) is 9.97 Å². The topological polar surface area (TPSA) is 29.0 Å². The van der Waals surface area contributed by atoms with E-state index in [2.05, 4.69) is 144 Å². The number of rotatable bonds is 6. The summed E-state index contributed by atoms with van der Waals surface area (Å²) in [5.74, 6) is 1.64. The van der Waals surface area contributed by atoms with Crippen molar-refractivity contribution >= 4 is 38.9 Å². The molecule has 1 aliphatic rings. The molecule has 51 heavy (non-hydrogen) atoms. The molecule has 7 aromatic carbocycles. The Bertz CT molecular complexity index is 2590. The molecule has 0 saturated carbocycles. The molecule has 238 valence electrons. The van der Waals surface area contributed by atoms with Crippen molar-refractivity contribution in [3.8, 4) is 55.6 Å². The van der Waals surface area contributed by atoms with Crippen LogP contribution in [0, 0.1) is 0 Å². The minimum Gasteiger partial charge on any atom is -0.279 e. The van der Waals surface area contributed by atoms with Gasteiger partial charge < -0.3 is 0 Å². The molecule has 0 N–H and O–H groups in total. The van der Waals surface area contributed by atoms with E-state index >= 15 is 0 Å². The Labute approximate surface area is 296 Å². The molecule has 3 heteroatoms. The van der Waals surface area contributed by atoms with E-state index in [4.69, 9.17) is 9.97 Å². The summed E-state index contributed by atoms with van der Waals surface area (Å²) in [5, 5.41) is 5.07. The highest BCUT2D eigenvalue weighted by Gasteiger charge is 2.31. The lowest BCUT2D eigenvalue weighted by Gasteiger charge is -2.23. The van der Waals surface area contributed by atoms with E-state index in [1.165, 1.54) is 71.6 Å². The Morgan fingerprint density at radius 1 is 0.333 bits per heavy atom.